The highest BCUT2D eigenvalue weighted by Crippen LogP contribution is 2.26. The van der Waals surface area contributed by atoms with Crippen LogP contribution in [0.25, 0.3) is 10.8 Å². The molecule has 0 aliphatic carbocycles. The minimum atomic E-state index is -0.763. The van der Waals surface area contributed by atoms with E-state index in [4.69, 9.17) is 22.1 Å². The van der Waals surface area contributed by atoms with Gasteiger partial charge in [-0.2, -0.15) is 0 Å². The summed E-state index contributed by atoms with van der Waals surface area (Å²) in [5.74, 6) is -1.15. The van der Waals surface area contributed by atoms with Crippen LogP contribution < -0.4 is 32.3 Å². The number of ether oxygens (including phenoxy) is 1. The van der Waals surface area contributed by atoms with Crippen LogP contribution in [0.3, 0.4) is 0 Å². The molecular weight excluding hydrogens is 654 g/mol. The van der Waals surface area contributed by atoms with Crippen LogP contribution in [0.1, 0.15) is 47.2 Å². The maximum Gasteiger partial charge on any atom is 0.411 e. The van der Waals surface area contributed by atoms with Gasteiger partial charge in [0.05, 0.1) is 16.9 Å². The van der Waals surface area contributed by atoms with Crippen molar-refractivity contribution >= 4 is 58.2 Å². The van der Waals surface area contributed by atoms with Crippen LogP contribution >= 0.6 is 24.0 Å². The van der Waals surface area contributed by atoms with Crippen LogP contribution in [0.4, 0.5) is 20.6 Å². The monoisotopic (exact) mass is 698 g/mol. The number of amides is 2. The van der Waals surface area contributed by atoms with E-state index >= 15 is 4.39 Å². The highest BCUT2D eigenvalue weighted by atomic mass is 35.5. The molecule has 0 bridgehead atoms. The van der Waals surface area contributed by atoms with Gasteiger partial charge in [-0.15, -0.1) is 12.4 Å². The molecule has 9 nitrogen and oxygen atoms in total. The fourth-order valence-corrected chi connectivity index (χ4v) is 5.04. The Morgan fingerprint density at radius 2 is 1.42 bits per heavy atom. The Hall–Kier alpha value is -3.93. The minimum Gasteiger partial charge on any atom is -0.444 e. The first-order valence-electron chi connectivity index (χ1n) is 16.1. The molecule has 0 heterocycles. The molecule has 0 spiro atoms. The van der Waals surface area contributed by atoms with Gasteiger partial charge in [0.25, 0.3) is 5.91 Å². The number of unbranched alkanes of at least 4 members (excludes halogenated alkanes) is 1. The van der Waals surface area contributed by atoms with Gasteiger partial charge in [0, 0.05) is 18.1 Å². The van der Waals surface area contributed by atoms with Crippen LogP contribution in [0.2, 0.25) is 5.02 Å². The van der Waals surface area contributed by atoms with E-state index in [0.29, 0.717) is 18.1 Å². The lowest BCUT2D eigenvalue weighted by molar-refractivity contribution is 0.0951. The number of fused-ring (bicyclic) bond motifs is 1. The summed E-state index contributed by atoms with van der Waals surface area (Å²) >= 11 is 5.96. The molecule has 0 fully saturated rings. The Balaban J connectivity index is 0.00000625. The zero-order chi connectivity index (χ0) is 33.3. The van der Waals surface area contributed by atoms with E-state index < -0.39 is 17.8 Å². The molecule has 0 atom stereocenters. The Labute approximate surface area is 292 Å². The third-order valence-electron chi connectivity index (χ3n) is 7.50. The maximum atomic E-state index is 15.2. The Morgan fingerprint density at radius 1 is 0.750 bits per heavy atom. The molecule has 0 aliphatic rings. The van der Waals surface area contributed by atoms with E-state index in [1.165, 1.54) is 6.07 Å². The van der Waals surface area contributed by atoms with E-state index in [2.05, 4.69) is 26.6 Å². The molecule has 48 heavy (non-hydrogen) atoms. The zero-order valence-electron chi connectivity index (χ0n) is 27.0. The van der Waals surface area contributed by atoms with Crippen molar-refractivity contribution in [3.05, 3.63) is 106 Å². The number of carbonyl (C=O) groups excluding carboxylic acids is 2. The topological polar surface area (TPSA) is 130 Å². The summed E-state index contributed by atoms with van der Waals surface area (Å²) < 4.78 is 20.7. The van der Waals surface area contributed by atoms with Gasteiger partial charge in [0.15, 0.2) is 0 Å². The molecular formula is C36H45Cl2FN6O3. The van der Waals surface area contributed by atoms with Gasteiger partial charge < -0.3 is 31.7 Å². The second kappa shape index (κ2) is 21.1. The summed E-state index contributed by atoms with van der Waals surface area (Å²) in [7, 11) is 0. The Kier molecular flexibility index (Phi) is 17.0. The lowest BCUT2D eigenvalue weighted by Crippen LogP contribution is -2.25. The normalized spacial score (nSPS) is 10.7. The Morgan fingerprint density at radius 3 is 2.15 bits per heavy atom. The average molecular weight is 700 g/mol. The van der Waals surface area contributed by atoms with Crippen molar-refractivity contribution in [3.8, 4) is 0 Å². The Bertz CT molecular complexity index is 1590. The van der Waals surface area contributed by atoms with Gasteiger partial charge in [-0.05, 0) is 111 Å². The fraction of sp³-hybridized carbons (Fsp3) is 0.333. The van der Waals surface area contributed by atoms with Gasteiger partial charge in [0.1, 0.15) is 12.4 Å². The number of hydrogen-bond donors (Lipinski definition) is 6. The fourth-order valence-electron chi connectivity index (χ4n) is 4.92. The van der Waals surface area contributed by atoms with E-state index in [-0.39, 0.29) is 42.5 Å². The van der Waals surface area contributed by atoms with Crippen LogP contribution in [0, 0.1) is 5.82 Å². The number of anilines is 2. The molecule has 2 amide bonds. The van der Waals surface area contributed by atoms with E-state index in [1.807, 2.05) is 42.5 Å². The number of carbonyl (C=O) groups is 2. The van der Waals surface area contributed by atoms with Crippen molar-refractivity contribution in [2.75, 3.05) is 49.9 Å². The minimum absolute atomic E-state index is 0. The third-order valence-corrected chi connectivity index (χ3v) is 7.75. The highest BCUT2D eigenvalue weighted by Gasteiger charge is 2.19. The number of hydrogen-bond acceptors (Lipinski definition) is 7. The van der Waals surface area contributed by atoms with Crippen LogP contribution in [0.15, 0.2) is 78.9 Å². The number of rotatable bonds is 19. The molecule has 4 aromatic carbocycles. The molecule has 4 aromatic rings. The highest BCUT2D eigenvalue weighted by molar-refractivity contribution is 6.30. The van der Waals surface area contributed by atoms with Gasteiger partial charge in [-0.1, -0.05) is 60.1 Å². The quantitative estimate of drug-likeness (QED) is 0.0592. The standard InChI is InChI=1S/C36H44ClFN6O3.ClH/c37-30-13-10-26(11-14-30)24-43-35(45)31-22-32(38)34(42-20-6-19-41-17-4-3-16-40-18-5-15-39)23-33(31)44-36(46)47-25-27-9-12-28-7-1-2-8-29(28)21-27;/h1-2,7-14,21-23,40-42H,3-6,15-20,24-25,39H2,(H,43,45)(H,44,46);1H. The van der Waals surface area contributed by atoms with Crippen molar-refractivity contribution in [2.24, 2.45) is 5.73 Å². The van der Waals surface area contributed by atoms with Gasteiger partial charge >= 0.3 is 6.09 Å². The van der Waals surface area contributed by atoms with Crippen LogP contribution in [-0.2, 0) is 17.9 Å². The lowest BCUT2D eigenvalue weighted by Gasteiger charge is -2.16. The average Bonchev–Trinajstić information content (AvgIpc) is 3.08. The molecule has 0 saturated heterocycles. The molecule has 0 saturated carbocycles. The summed E-state index contributed by atoms with van der Waals surface area (Å²) in [6.45, 7) is 5.03. The number of halogens is 3. The molecule has 0 radical (unpaired) electrons. The number of benzene rings is 4. The summed E-state index contributed by atoms with van der Waals surface area (Å²) in [4.78, 5) is 26.1. The third kappa shape index (κ3) is 12.9. The van der Waals surface area contributed by atoms with E-state index in [9.17, 15) is 9.59 Å². The summed E-state index contributed by atoms with van der Waals surface area (Å²) in [5, 5.41) is 18.0. The molecule has 4 rings (SSSR count). The van der Waals surface area contributed by atoms with Gasteiger partial charge in [0.2, 0.25) is 0 Å². The molecule has 0 unspecified atom stereocenters. The lowest BCUT2D eigenvalue weighted by atomic mass is 10.1. The molecule has 7 N–H and O–H groups in total. The molecule has 258 valence electrons. The van der Waals surface area contributed by atoms with Crippen molar-refractivity contribution in [1.29, 1.82) is 0 Å². The van der Waals surface area contributed by atoms with Gasteiger partial charge in [-0.3, -0.25) is 10.1 Å². The van der Waals surface area contributed by atoms with E-state index in [1.54, 1.807) is 24.3 Å². The van der Waals surface area contributed by atoms with E-state index in [0.717, 1.165) is 79.8 Å². The largest absolute Gasteiger partial charge is 0.444 e. The summed E-state index contributed by atoms with van der Waals surface area (Å²) in [6, 6.07) is 23.3. The van der Waals surface area contributed by atoms with Gasteiger partial charge in [-0.25, -0.2) is 9.18 Å². The second-order valence-corrected chi connectivity index (χ2v) is 11.6. The number of nitrogens with two attached hydrogens (primary N) is 1. The predicted molar refractivity (Wildman–Crippen MR) is 196 cm³/mol. The van der Waals surface area contributed by atoms with Crippen molar-refractivity contribution < 1.29 is 18.7 Å². The first-order valence-corrected chi connectivity index (χ1v) is 16.4. The van der Waals surface area contributed by atoms with Crippen molar-refractivity contribution in [1.82, 2.24) is 16.0 Å². The SMILES string of the molecule is Cl.NCCCNCCCCNCCCNc1cc(NC(=O)OCc2ccc3ccccc3c2)c(C(=O)NCc2ccc(Cl)cc2)cc1F. The summed E-state index contributed by atoms with van der Waals surface area (Å²) in [6.07, 6.45) is 3.13. The maximum absolute atomic E-state index is 15.2. The van der Waals surface area contributed by atoms with Crippen LogP contribution in [0.5, 0.6) is 0 Å². The van der Waals surface area contributed by atoms with Crippen molar-refractivity contribution in [2.45, 2.75) is 38.8 Å². The van der Waals surface area contributed by atoms with Crippen molar-refractivity contribution in [3.63, 3.8) is 0 Å². The molecule has 0 aromatic heterocycles. The predicted octanol–water partition coefficient (Wildman–Crippen LogP) is 6.84. The first-order chi connectivity index (χ1) is 22.9. The smallest absolute Gasteiger partial charge is 0.411 e. The molecule has 0 aliphatic heterocycles. The number of nitrogens with one attached hydrogen (secondary N) is 5. The molecule has 12 heteroatoms. The van der Waals surface area contributed by atoms with Crippen LogP contribution in [-0.4, -0.2) is 51.3 Å². The first kappa shape index (κ1) is 38.5. The zero-order valence-corrected chi connectivity index (χ0v) is 28.5. The summed E-state index contributed by atoms with van der Waals surface area (Å²) in [5.41, 5.74) is 7.41. The second-order valence-electron chi connectivity index (χ2n) is 11.2.